The van der Waals surface area contributed by atoms with Crippen LogP contribution in [0, 0.1) is 0 Å². The molecule has 1 fully saturated rings. The minimum atomic E-state index is -3.21. The van der Waals surface area contributed by atoms with E-state index in [1.165, 1.54) is 0 Å². The third-order valence-corrected chi connectivity index (χ3v) is 4.99. The molecule has 1 aliphatic heterocycles. The van der Waals surface area contributed by atoms with Crippen LogP contribution in [0.3, 0.4) is 0 Å². The molecule has 134 valence electrons. The summed E-state index contributed by atoms with van der Waals surface area (Å²) in [6, 6.07) is 9.84. The molecule has 2 heterocycles. The number of rotatable bonds is 5. The van der Waals surface area contributed by atoms with E-state index in [1.807, 2.05) is 30.3 Å². The molecule has 1 aromatic heterocycles. The minimum Gasteiger partial charge on any atom is -0.338 e. The van der Waals surface area contributed by atoms with Gasteiger partial charge in [0, 0.05) is 25.3 Å². The molecule has 0 aliphatic carbocycles. The number of benzene rings is 1. The van der Waals surface area contributed by atoms with E-state index < -0.39 is 10.0 Å². The number of carbonyl (C=O) groups excluding carboxylic acids is 1. The smallest absolute Gasteiger partial charge is 0.257 e. The molecule has 25 heavy (non-hydrogen) atoms. The SMILES string of the molecule is CS(=O)(=O)NC1CCN(C(=O)c2cnn(Cc3ccccc3)c2)CC1. The summed E-state index contributed by atoms with van der Waals surface area (Å²) in [5, 5.41) is 4.27. The van der Waals surface area contributed by atoms with Crippen molar-refractivity contribution in [1.82, 2.24) is 19.4 Å². The molecule has 3 rings (SSSR count). The quantitative estimate of drug-likeness (QED) is 0.863. The molecule has 0 atom stereocenters. The maximum atomic E-state index is 12.6. The fraction of sp³-hybridized carbons (Fsp3) is 0.412. The van der Waals surface area contributed by atoms with E-state index in [4.69, 9.17) is 0 Å². The van der Waals surface area contributed by atoms with Crippen LogP contribution >= 0.6 is 0 Å². The first-order chi connectivity index (χ1) is 11.9. The first-order valence-corrected chi connectivity index (χ1v) is 10.1. The first kappa shape index (κ1) is 17.6. The molecule has 1 aliphatic rings. The summed E-state index contributed by atoms with van der Waals surface area (Å²) in [6.07, 6.45) is 5.75. The van der Waals surface area contributed by atoms with Gasteiger partial charge in [0.1, 0.15) is 0 Å². The third kappa shape index (κ3) is 4.90. The molecular weight excluding hydrogens is 340 g/mol. The van der Waals surface area contributed by atoms with Gasteiger partial charge in [0.25, 0.3) is 5.91 Å². The third-order valence-electron chi connectivity index (χ3n) is 4.23. The normalized spacial score (nSPS) is 16.1. The second-order valence-corrected chi connectivity index (χ2v) is 8.15. The van der Waals surface area contributed by atoms with Crippen LogP contribution in [-0.2, 0) is 16.6 Å². The van der Waals surface area contributed by atoms with Crippen LogP contribution in [-0.4, -0.2) is 54.4 Å². The van der Waals surface area contributed by atoms with E-state index >= 15 is 0 Å². The molecule has 0 radical (unpaired) electrons. The van der Waals surface area contributed by atoms with Crippen LogP contribution in [0.15, 0.2) is 42.7 Å². The van der Waals surface area contributed by atoms with Gasteiger partial charge in [0.2, 0.25) is 10.0 Å². The van der Waals surface area contributed by atoms with Gasteiger partial charge in [-0.3, -0.25) is 9.48 Å². The summed E-state index contributed by atoms with van der Waals surface area (Å²) in [7, 11) is -3.21. The maximum Gasteiger partial charge on any atom is 0.257 e. The second-order valence-electron chi connectivity index (χ2n) is 6.37. The maximum absolute atomic E-state index is 12.6. The number of sulfonamides is 1. The monoisotopic (exact) mass is 362 g/mol. The highest BCUT2D eigenvalue weighted by molar-refractivity contribution is 7.88. The van der Waals surface area contributed by atoms with Crippen molar-refractivity contribution in [2.45, 2.75) is 25.4 Å². The average molecular weight is 362 g/mol. The highest BCUT2D eigenvalue weighted by atomic mass is 32.2. The summed E-state index contributed by atoms with van der Waals surface area (Å²) >= 11 is 0. The molecule has 0 unspecified atom stereocenters. The summed E-state index contributed by atoms with van der Waals surface area (Å²) < 4.78 is 26.9. The number of aromatic nitrogens is 2. The lowest BCUT2D eigenvalue weighted by molar-refractivity contribution is 0.0711. The van der Waals surface area contributed by atoms with E-state index in [0.717, 1.165) is 11.8 Å². The summed E-state index contributed by atoms with van der Waals surface area (Å²) in [5.41, 5.74) is 1.68. The van der Waals surface area contributed by atoms with Crippen molar-refractivity contribution in [3.63, 3.8) is 0 Å². The van der Waals surface area contributed by atoms with E-state index in [-0.39, 0.29) is 11.9 Å². The standard InChI is InChI=1S/C17H22N4O3S/c1-25(23,24)19-16-7-9-20(10-8-16)17(22)15-11-18-21(13-15)12-14-5-3-2-4-6-14/h2-6,11,13,16,19H,7-10,12H2,1H3. The Hall–Kier alpha value is -2.19. The van der Waals surface area contributed by atoms with Gasteiger partial charge < -0.3 is 4.90 Å². The van der Waals surface area contributed by atoms with Crippen molar-refractivity contribution >= 4 is 15.9 Å². The molecule has 7 nitrogen and oxygen atoms in total. The predicted molar refractivity (Wildman–Crippen MR) is 94.7 cm³/mol. The average Bonchev–Trinajstić information content (AvgIpc) is 3.03. The van der Waals surface area contributed by atoms with Crippen molar-refractivity contribution in [3.05, 3.63) is 53.9 Å². The number of hydrogen-bond donors (Lipinski definition) is 1. The summed E-state index contributed by atoms with van der Waals surface area (Å²) in [5.74, 6) is -0.0582. The van der Waals surface area contributed by atoms with Crippen molar-refractivity contribution in [2.75, 3.05) is 19.3 Å². The Labute approximate surface area is 147 Å². The largest absolute Gasteiger partial charge is 0.338 e. The van der Waals surface area contributed by atoms with Gasteiger partial charge in [0.15, 0.2) is 0 Å². The Morgan fingerprint density at radius 1 is 1.24 bits per heavy atom. The van der Waals surface area contributed by atoms with Crippen molar-refractivity contribution in [2.24, 2.45) is 0 Å². The molecule has 0 spiro atoms. The first-order valence-electron chi connectivity index (χ1n) is 8.24. The Bertz CT molecular complexity index is 825. The molecule has 0 bridgehead atoms. The van der Waals surface area contributed by atoms with Gasteiger partial charge in [0.05, 0.1) is 24.6 Å². The molecule has 8 heteroatoms. The zero-order chi connectivity index (χ0) is 17.9. The molecule has 2 aromatic rings. The fourth-order valence-electron chi connectivity index (χ4n) is 3.02. The fourth-order valence-corrected chi connectivity index (χ4v) is 3.86. The van der Waals surface area contributed by atoms with Crippen molar-refractivity contribution in [1.29, 1.82) is 0 Å². The molecular formula is C17H22N4O3S. The van der Waals surface area contributed by atoms with Crippen molar-refractivity contribution in [3.8, 4) is 0 Å². The number of amides is 1. The molecule has 1 aromatic carbocycles. The van der Waals surface area contributed by atoms with Gasteiger partial charge in [-0.15, -0.1) is 0 Å². The molecule has 1 N–H and O–H groups in total. The minimum absolute atomic E-state index is 0.0582. The zero-order valence-corrected chi connectivity index (χ0v) is 14.9. The number of hydrogen-bond acceptors (Lipinski definition) is 4. The van der Waals surface area contributed by atoms with Gasteiger partial charge in [-0.2, -0.15) is 5.10 Å². The van der Waals surface area contributed by atoms with Crippen LogP contribution < -0.4 is 4.72 Å². The number of carbonyl (C=O) groups is 1. The summed E-state index contributed by atoms with van der Waals surface area (Å²) in [4.78, 5) is 14.3. The Morgan fingerprint density at radius 2 is 1.92 bits per heavy atom. The van der Waals surface area contributed by atoms with Gasteiger partial charge in [-0.05, 0) is 18.4 Å². The lowest BCUT2D eigenvalue weighted by Crippen LogP contribution is -2.46. The topological polar surface area (TPSA) is 84.3 Å². The number of nitrogens with one attached hydrogen (secondary N) is 1. The van der Waals surface area contributed by atoms with Crippen LogP contribution in [0.2, 0.25) is 0 Å². The highest BCUT2D eigenvalue weighted by Crippen LogP contribution is 2.14. The Morgan fingerprint density at radius 3 is 2.56 bits per heavy atom. The van der Waals surface area contributed by atoms with Crippen LogP contribution in [0.1, 0.15) is 28.8 Å². The van der Waals surface area contributed by atoms with Gasteiger partial charge in [-0.25, -0.2) is 13.1 Å². The molecule has 1 saturated heterocycles. The summed E-state index contributed by atoms with van der Waals surface area (Å²) in [6.45, 7) is 1.69. The van der Waals surface area contributed by atoms with Gasteiger partial charge >= 0.3 is 0 Å². The zero-order valence-electron chi connectivity index (χ0n) is 14.1. The second kappa shape index (κ2) is 7.37. The van der Waals surface area contributed by atoms with Crippen LogP contribution in [0.5, 0.6) is 0 Å². The van der Waals surface area contributed by atoms with Gasteiger partial charge in [-0.1, -0.05) is 30.3 Å². The Balaban J connectivity index is 1.57. The van der Waals surface area contributed by atoms with E-state index in [0.29, 0.717) is 38.0 Å². The van der Waals surface area contributed by atoms with Crippen molar-refractivity contribution < 1.29 is 13.2 Å². The van der Waals surface area contributed by atoms with Crippen LogP contribution in [0.4, 0.5) is 0 Å². The molecule has 1 amide bonds. The lowest BCUT2D eigenvalue weighted by Gasteiger charge is -2.31. The Kier molecular flexibility index (Phi) is 5.19. The number of likely N-dealkylation sites (tertiary alicyclic amines) is 1. The van der Waals surface area contributed by atoms with E-state index in [1.54, 1.807) is 22.0 Å². The van der Waals surface area contributed by atoms with E-state index in [9.17, 15) is 13.2 Å². The predicted octanol–water partition coefficient (Wildman–Crippen LogP) is 1.09. The lowest BCUT2D eigenvalue weighted by atomic mass is 10.1. The number of piperidine rings is 1. The highest BCUT2D eigenvalue weighted by Gasteiger charge is 2.25. The molecule has 0 saturated carbocycles. The van der Waals surface area contributed by atoms with Crippen LogP contribution in [0.25, 0.3) is 0 Å². The van der Waals surface area contributed by atoms with E-state index in [2.05, 4.69) is 9.82 Å². The number of nitrogens with zero attached hydrogens (tertiary/aromatic N) is 3.